The van der Waals surface area contributed by atoms with Crippen LogP contribution in [0.3, 0.4) is 0 Å². The molecular formula is C35H39N3O6. The molecule has 9 nitrogen and oxygen atoms in total. The maximum absolute atomic E-state index is 13.8. The number of alkyl carbamates (subject to hydrolysis) is 1. The van der Waals surface area contributed by atoms with Crippen molar-refractivity contribution in [3.05, 3.63) is 95.6 Å². The first-order chi connectivity index (χ1) is 21.3. The second-order valence-electron chi connectivity index (χ2n) is 11.6. The summed E-state index contributed by atoms with van der Waals surface area (Å²) in [5, 5.41) is 5.64. The Labute approximate surface area is 257 Å². The summed E-state index contributed by atoms with van der Waals surface area (Å²) in [5.74, 6) is -1.48. The van der Waals surface area contributed by atoms with Gasteiger partial charge in [-0.3, -0.25) is 9.59 Å². The molecule has 0 bridgehead atoms. The van der Waals surface area contributed by atoms with Crippen molar-refractivity contribution >= 4 is 23.9 Å². The molecule has 0 unspecified atom stereocenters. The molecule has 1 saturated heterocycles. The average molecular weight is 598 g/mol. The molecule has 9 heteroatoms. The monoisotopic (exact) mass is 597 g/mol. The summed E-state index contributed by atoms with van der Waals surface area (Å²) in [6, 6.07) is 23.8. The van der Waals surface area contributed by atoms with Crippen LogP contribution in [0.15, 0.2) is 78.9 Å². The zero-order valence-electron chi connectivity index (χ0n) is 25.4. The first kappa shape index (κ1) is 30.8. The normalized spacial score (nSPS) is 17.5. The molecule has 3 amide bonds. The van der Waals surface area contributed by atoms with Crippen molar-refractivity contribution in [2.24, 2.45) is 0 Å². The molecule has 1 heterocycles. The SMILES string of the molecule is CC[C@](C)(NC(=O)OCC1c2ccccc2-c2ccccc21)C(=O)N[C@@H](Cc1ccccc1)C(=O)N1CCC[C@@H]1C(=O)OC. The smallest absolute Gasteiger partial charge is 0.408 e. The Morgan fingerprint density at radius 3 is 2.16 bits per heavy atom. The molecule has 44 heavy (non-hydrogen) atoms. The van der Waals surface area contributed by atoms with E-state index in [0.29, 0.717) is 19.4 Å². The van der Waals surface area contributed by atoms with Crippen molar-refractivity contribution in [3.8, 4) is 11.1 Å². The lowest BCUT2D eigenvalue weighted by Crippen LogP contribution is -2.61. The molecule has 1 fully saturated rings. The predicted molar refractivity (Wildman–Crippen MR) is 166 cm³/mol. The van der Waals surface area contributed by atoms with E-state index in [1.54, 1.807) is 13.8 Å². The molecule has 3 atom stereocenters. The zero-order chi connectivity index (χ0) is 31.3. The highest BCUT2D eigenvalue weighted by atomic mass is 16.5. The number of amides is 3. The lowest BCUT2D eigenvalue weighted by Gasteiger charge is -2.32. The van der Waals surface area contributed by atoms with E-state index in [2.05, 4.69) is 22.8 Å². The van der Waals surface area contributed by atoms with E-state index >= 15 is 0 Å². The molecule has 2 aliphatic rings. The van der Waals surface area contributed by atoms with E-state index in [1.165, 1.54) is 12.0 Å². The van der Waals surface area contributed by atoms with Crippen molar-refractivity contribution in [3.63, 3.8) is 0 Å². The van der Waals surface area contributed by atoms with Gasteiger partial charge >= 0.3 is 12.1 Å². The Balaban J connectivity index is 1.28. The lowest BCUT2D eigenvalue weighted by molar-refractivity contribution is -0.152. The maximum Gasteiger partial charge on any atom is 0.408 e. The first-order valence-corrected chi connectivity index (χ1v) is 15.1. The van der Waals surface area contributed by atoms with Gasteiger partial charge in [0.2, 0.25) is 11.8 Å². The van der Waals surface area contributed by atoms with Crippen LogP contribution in [0.4, 0.5) is 4.79 Å². The Morgan fingerprint density at radius 2 is 1.55 bits per heavy atom. The summed E-state index contributed by atoms with van der Waals surface area (Å²) >= 11 is 0. The number of nitrogens with zero attached hydrogens (tertiary/aromatic N) is 1. The highest BCUT2D eigenvalue weighted by Gasteiger charge is 2.41. The Hall–Kier alpha value is -4.66. The third kappa shape index (κ3) is 6.32. The van der Waals surface area contributed by atoms with Crippen molar-refractivity contribution in [2.45, 2.75) is 63.1 Å². The van der Waals surface area contributed by atoms with Gasteiger partial charge in [-0.15, -0.1) is 0 Å². The van der Waals surface area contributed by atoms with E-state index in [1.807, 2.05) is 66.7 Å². The first-order valence-electron chi connectivity index (χ1n) is 15.1. The number of nitrogens with one attached hydrogen (secondary N) is 2. The molecule has 3 aromatic rings. The van der Waals surface area contributed by atoms with Gasteiger partial charge in [0.25, 0.3) is 0 Å². The second-order valence-corrected chi connectivity index (χ2v) is 11.6. The van der Waals surface area contributed by atoms with Gasteiger partial charge in [-0.25, -0.2) is 9.59 Å². The van der Waals surface area contributed by atoms with Gasteiger partial charge in [-0.1, -0.05) is 85.8 Å². The minimum absolute atomic E-state index is 0.111. The topological polar surface area (TPSA) is 114 Å². The number of hydrogen-bond donors (Lipinski definition) is 2. The number of esters is 1. The van der Waals surface area contributed by atoms with Gasteiger partial charge in [0.15, 0.2) is 0 Å². The number of carbonyl (C=O) groups excluding carboxylic acids is 4. The molecule has 230 valence electrons. The summed E-state index contributed by atoms with van der Waals surface area (Å²) in [6.07, 6.45) is 0.917. The van der Waals surface area contributed by atoms with Crippen LogP contribution in [-0.2, 0) is 30.3 Å². The Morgan fingerprint density at radius 1 is 0.932 bits per heavy atom. The largest absolute Gasteiger partial charge is 0.467 e. The van der Waals surface area contributed by atoms with Crippen molar-refractivity contribution in [2.75, 3.05) is 20.3 Å². The quantitative estimate of drug-likeness (QED) is 0.331. The van der Waals surface area contributed by atoms with E-state index in [-0.39, 0.29) is 31.3 Å². The number of rotatable bonds is 10. The number of benzene rings is 3. The van der Waals surface area contributed by atoms with Gasteiger partial charge in [0.05, 0.1) is 7.11 Å². The maximum atomic E-state index is 13.8. The highest BCUT2D eigenvalue weighted by Crippen LogP contribution is 2.44. The van der Waals surface area contributed by atoms with E-state index < -0.39 is 35.6 Å². The summed E-state index contributed by atoms with van der Waals surface area (Å²) < 4.78 is 10.6. The molecule has 5 rings (SSSR count). The van der Waals surface area contributed by atoms with Crippen LogP contribution in [0.5, 0.6) is 0 Å². The standard InChI is InChI=1S/C35H39N3O6/c1-4-35(2,37-34(42)44-22-28-26-17-10-8-15-24(26)25-16-9-11-18-27(25)28)33(41)36-29(21-23-13-6-5-7-14-23)31(39)38-20-12-19-30(38)32(40)43-3/h5-11,13-18,28-30H,4,12,19-22H2,1-3H3,(H,36,41)(H,37,42)/t29-,30+,35-/m0/s1. The minimum Gasteiger partial charge on any atom is -0.467 e. The number of likely N-dealkylation sites (tertiary alicyclic amines) is 1. The van der Waals surface area contributed by atoms with E-state index in [4.69, 9.17) is 9.47 Å². The van der Waals surface area contributed by atoms with Crippen LogP contribution < -0.4 is 10.6 Å². The summed E-state index contributed by atoms with van der Waals surface area (Å²) in [7, 11) is 1.30. The van der Waals surface area contributed by atoms with Crippen molar-refractivity contribution in [1.29, 1.82) is 0 Å². The molecule has 0 spiro atoms. The molecule has 0 saturated carbocycles. The van der Waals surface area contributed by atoms with E-state index in [9.17, 15) is 19.2 Å². The highest BCUT2D eigenvalue weighted by molar-refractivity contribution is 5.95. The number of hydrogen-bond acceptors (Lipinski definition) is 6. The number of ether oxygens (including phenoxy) is 2. The van der Waals surface area contributed by atoms with Crippen LogP contribution >= 0.6 is 0 Å². The van der Waals surface area contributed by atoms with Crippen LogP contribution in [0.2, 0.25) is 0 Å². The molecular weight excluding hydrogens is 558 g/mol. The minimum atomic E-state index is -1.36. The van der Waals surface area contributed by atoms with Gasteiger partial charge in [-0.2, -0.15) is 0 Å². The molecule has 2 N–H and O–H groups in total. The third-order valence-electron chi connectivity index (χ3n) is 8.83. The zero-order valence-corrected chi connectivity index (χ0v) is 25.4. The summed E-state index contributed by atoms with van der Waals surface area (Å²) in [6.45, 7) is 3.90. The van der Waals surface area contributed by atoms with Crippen LogP contribution in [-0.4, -0.2) is 66.7 Å². The fourth-order valence-electron chi connectivity index (χ4n) is 6.14. The van der Waals surface area contributed by atoms with Crippen LogP contribution in [0.25, 0.3) is 11.1 Å². The number of carbonyl (C=O) groups is 4. The fraction of sp³-hybridized carbons (Fsp3) is 0.371. The molecule has 1 aliphatic carbocycles. The van der Waals surface area contributed by atoms with Gasteiger partial charge in [0.1, 0.15) is 24.2 Å². The van der Waals surface area contributed by atoms with Crippen LogP contribution in [0, 0.1) is 0 Å². The molecule has 1 aliphatic heterocycles. The fourth-order valence-corrected chi connectivity index (χ4v) is 6.14. The molecule has 0 radical (unpaired) electrons. The Kier molecular flexibility index (Phi) is 9.32. The second kappa shape index (κ2) is 13.3. The van der Waals surface area contributed by atoms with Gasteiger partial charge < -0.3 is 25.0 Å². The Bertz CT molecular complexity index is 1480. The van der Waals surface area contributed by atoms with Crippen LogP contribution in [0.1, 0.15) is 55.7 Å². The summed E-state index contributed by atoms with van der Waals surface area (Å²) in [4.78, 5) is 54.6. The third-order valence-corrected chi connectivity index (χ3v) is 8.83. The molecule has 0 aromatic heterocycles. The molecule has 3 aromatic carbocycles. The lowest BCUT2D eigenvalue weighted by atomic mass is 9.96. The number of methoxy groups -OCH3 is 1. The van der Waals surface area contributed by atoms with Gasteiger partial charge in [-0.05, 0) is 54.0 Å². The average Bonchev–Trinajstić information content (AvgIpc) is 3.66. The van der Waals surface area contributed by atoms with Crippen molar-refractivity contribution in [1.82, 2.24) is 15.5 Å². The van der Waals surface area contributed by atoms with Crippen molar-refractivity contribution < 1.29 is 28.7 Å². The number of fused-ring (bicyclic) bond motifs is 3. The predicted octanol–water partition coefficient (Wildman–Crippen LogP) is 4.59. The van der Waals surface area contributed by atoms with E-state index in [0.717, 1.165) is 27.8 Å². The van der Waals surface area contributed by atoms with Gasteiger partial charge in [0, 0.05) is 18.9 Å². The summed E-state index contributed by atoms with van der Waals surface area (Å²) in [5.41, 5.74) is 3.92.